The van der Waals surface area contributed by atoms with E-state index < -0.39 is 0 Å². The second-order valence-electron chi connectivity index (χ2n) is 4.24. The summed E-state index contributed by atoms with van der Waals surface area (Å²) in [5.41, 5.74) is 0. The molecule has 0 bridgehead atoms. The first-order valence-corrected chi connectivity index (χ1v) is 5.45. The normalized spacial score (nSPS) is 21.5. The summed E-state index contributed by atoms with van der Waals surface area (Å²) >= 11 is 0. The molecule has 1 rings (SSSR count). The summed E-state index contributed by atoms with van der Waals surface area (Å²) in [6, 6.07) is 0. The Labute approximate surface area is 76.2 Å². The van der Waals surface area contributed by atoms with Crippen LogP contribution in [0.4, 0.5) is 0 Å². The fraction of sp³-hybridized carbons (Fsp3) is 1.00. The highest BCUT2D eigenvalue weighted by Crippen LogP contribution is 2.33. The van der Waals surface area contributed by atoms with E-state index in [-0.39, 0.29) is 0 Å². The highest BCUT2D eigenvalue weighted by atomic mass is 16.2. The fourth-order valence-corrected chi connectivity index (χ4v) is 2.34. The van der Waals surface area contributed by atoms with Gasteiger partial charge in [0, 0.05) is 6.61 Å². The van der Waals surface area contributed by atoms with Crippen molar-refractivity contribution < 1.29 is 5.11 Å². The zero-order valence-corrected chi connectivity index (χ0v) is 8.26. The van der Waals surface area contributed by atoms with Gasteiger partial charge in [-0.2, -0.15) is 0 Å². The van der Waals surface area contributed by atoms with Gasteiger partial charge in [0.15, 0.2) is 0 Å². The molecule has 0 aliphatic heterocycles. The third-order valence-corrected chi connectivity index (χ3v) is 3.27. The standard InChI is InChI=1S/C11H22O/c1-10(6-4-5-9-12)11-7-2-3-8-11/h10-12H,2-9H2,1H3. The van der Waals surface area contributed by atoms with Crippen molar-refractivity contribution in [2.45, 2.75) is 51.9 Å². The lowest BCUT2D eigenvalue weighted by molar-refractivity contribution is 0.268. The van der Waals surface area contributed by atoms with Gasteiger partial charge in [0.2, 0.25) is 0 Å². The van der Waals surface area contributed by atoms with Gasteiger partial charge in [-0.15, -0.1) is 0 Å². The number of hydrogen-bond acceptors (Lipinski definition) is 1. The Kier molecular flexibility index (Phi) is 4.67. The molecule has 0 saturated heterocycles. The lowest BCUT2D eigenvalue weighted by atomic mass is 9.88. The quantitative estimate of drug-likeness (QED) is 0.629. The van der Waals surface area contributed by atoms with Crippen LogP contribution in [0.1, 0.15) is 51.9 Å². The van der Waals surface area contributed by atoms with Gasteiger partial charge in [-0.3, -0.25) is 0 Å². The monoisotopic (exact) mass is 170 g/mol. The van der Waals surface area contributed by atoms with E-state index in [1.807, 2.05) is 0 Å². The van der Waals surface area contributed by atoms with Gasteiger partial charge in [0.25, 0.3) is 0 Å². The number of unbranched alkanes of at least 4 members (excludes halogenated alkanes) is 1. The van der Waals surface area contributed by atoms with Crippen LogP contribution < -0.4 is 0 Å². The predicted octanol–water partition coefficient (Wildman–Crippen LogP) is 2.98. The summed E-state index contributed by atoms with van der Waals surface area (Å²) in [6.07, 6.45) is 9.36. The van der Waals surface area contributed by atoms with E-state index in [0.717, 1.165) is 18.3 Å². The molecule has 0 spiro atoms. The maximum atomic E-state index is 8.64. The van der Waals surface area contributed by atoms with Crippen molar-refractivity contribution in [2.24, 2.45) is 11.8 Å². The van der Waals surface area contributed by atoms with Crippen LogP contribution in [0.5, 0.6) is 0 Å². The first kappa shape index (κ1) is 10.0. The third kappa shape index (κ3) is 3.14. The van der Waals surface area contributed by atoms with E-state index in [9.17, 15) is 0 Å². The van der Waals surface area contributed by atoms with Gasteiger partial charge < -0.3 is 5.11 Å². The minimum atomic E-state index is 0.372. The minimum Gasteiger partial charge on any atom is -0.396 e. The summed E-state index contributed by atoms with van der Waals surface area (Å²) in [5.74, 6) is 1.91. The lowest BCUT2D eigenvalue weighted by Crippen LogP contribution is -2.07. The molecule has 1 unspecified atom stereocenters. The number of aliphatic hydroxyl groups is 1. The molecule has 1 nitrogen and oxygen atoms in total. The molecule has 0 amide bonds. The van der Waals surface area contributed by atoms with Crippen molar-refractivity contribution in [3.63, 3.8) is 0 Å². The molecular formula is C11H22O. The number of hydrogen-bond donors (Lipinski definition) is 1. The second-order valence-corrected chi connectivity index (χ2v) is 4.24. The molecule has 1 fully saturated rings. The second kappa shape index (κ2) is 5.58. The maximum Gasteiger partial charge on any atom is 0.0431 e. The Balaban J connectivity index is 2.05. The van der Waals surface area contributed by atoms with E-state index in [2.05, 4.69) is 6.92 Å². The summed E-state index contributed by atoms with van der Waals surface area (Å²) in [6.45, 7) is 2.75. The number of rotatable bonds is 5. The van der Waals surface area contributed by atoms with Gasteiger partial charge in [-0.1, -0.05) is 45.4 Å². The van der Waals surface area contributed by atoms with Crippen LogP contribution in [0.3, 0.4) is 0 Å². The Hall–Kier alpha value is -0.0400. The van der Waals surface area contributed by atoms with Crippen LogP contribution in [-0.4, -0.2) is 11.7 Å². The van der Waals surface area contributed by atoms with Crippen LogP contribution in [-0.2, 0) is 0 Å². The third-order valence-electron chi connectivity index (χ3n) is 3.27. The molecule has 72 valence electrons. The molecule has 0 heterocycles. The van der Waals surface area contributed by atoms with Crippen LogP contribution >= 0.6 is 0 Å². The van der Waals surface area contributed by atoms with Gasteiger partial charge in [-0.25, -0.2) is 0 Å². The van der Waals surface area contributed by atoms with Crippen molar-refractivity contribution in [3.05, 3.63) is 0 Å². The first-order valence-electron chi connectivity index (χ1n) is 5.45. The maximum absolute atomic E-state index is 8.64. The predicted molar refractivity (Wildman–Crippen MR) is 52.1 cm³/mol. The molecule has 0 aromatic rings. The molecule has 1 heteroatoms. The molecular weight excluding hydrogens is 148 g/mol. The van der Waals surface area contributed by atoms with Gasteiger partial charge in [0.1, 0.15) is 0 Å². The summed E-state index contributed by atoms with van der Waals surface area (Å²) in [4.78, 5) is 0. The van der Waals surface area contributed by atoms with Crippen LogP contribution in [0.25, 0.3) is 0 Å². The largest absolute Gasteiger partial charge is 0.396 e. The molecule has 1 saturated carbocycles. The Morgan fingerprint density at radius 2 is 1.92 bits per heavy atom. The van der Waals surface area contributed by atoms with Crippen molar-refractivity contribution in [2.75, 3.05) is 6.61 Å². The average Bonchev–Trinajstić information content (AvgIpc) is 2.56. The minimum absolute atomic E-state index is 0.372. The average molecular weight is 170 g/mol. The van der Waals surface area contributed by atoms with Crippen molar-refractivity contribution in [1.29, 1.82) is 0 Å². The molecule has 0 radical (unpaired) electrons. The molecule has 0 aromatic carbocycles. The van der Waals surface area contributed by atoms with Crippen LogP contribution in [0.15, 0.2) is 0 Å². The van der Waals surface area contributed by atoms with E-state index in [1.54, 1.807) is 0 Å². The molecule has 1 aliphatic carbocycles. The lowest BCUT2D eigenvalue weighted by Gasteiger charge is -2.17. The van der Waals surface area contributed by atoms with Crippen LogP contribution in [0, 0.1) is 11.8 Å². The van der Waals surface area contributed by atoms with E-state index in [0.29, 0.717) is 6.61 Å². The van der Waals surface area contributed by atoms with Gasteiger partial charge in [0.05, 0.1) is 0 Å². The first-order chi connectivity index (χ1) is 5.84. The van der Waals surface area contributed by atoms with Crippen molar-refractivity contribution in [3.8, 4) is 0 Å². The van der Waals surface area contributed by atoms with E-state index in [1.165, 1.54) is 38.5 Å². The summed E-state index contributed by atoms with van der Waals surface area (Å²) in [7, 11) is 0. The van der Waals surface area contributed by atoms with Crippen molar-refractivity contribution >= 4 is 0 Å². The molecule has 0 aromatic heterocycles. The fourth-order valence-electron chi connectivity index (χ4n) is 2.34. The van der Waals surface area contributed by atoms with Gasteiger partial charge in [-0.05, 0) is 18.3 Å². The molecule has 1 aliphatic rings. The SMILES string of the molecule is CC(CCCCO)C1CCCC1. The zero-order chi connectivity index (χ0) is 8.81. The Morgan fingerprint density at radius 3 is 2.50 bits per heavy atom. The summed E-state index contributed by atoms with van der Waals surface area (Å²) < 4.78 is 0. The highest BCUT2D eigenvalue weighted by Gasteiger charge is 2.20. The Morgan fingerprint density at radius 1 is 1.25 bits per heavy atom. The molecule has 1 atom stereocenters. The Bertz CT molecular complexity index is 106. The topological polar surface area (TPSA) is 20.2 Å². The smallest absolute Gasteiger partial charge is 0.0431 e. The molecule has 12 heavy (non-hydrogen) atoms. The van der Waals surface area contributed by atoms with Crippen LogP contribution in [0.2, 0.25) is 0 Å². The molecule has 1 N–H and O–H groups in total. The van der Waals surface area contributed by atoms with Crippen molar-refractivity contribution in [1.82, 2.24) is 0 Å². The zero-order valence-electron chi connectivity index (χ0n) is 8.26. The van der Waals surface area contributed by atoms with Gasteiger partial charge >= 0.3 is 0 Å². The summed E-state index contributed by atoms with van der Waals surface area (Å²) in [5, 5.41) is 8.64. The highest BCUT2D eigenvalue weighted by molar-refractivity contribution is 4.72. The van der Waals surface area contributed by atoms with E-state index in [4.69, 9.17) is 5.11 Å². The number of aliphatic hydroxyl groups excluding tert-OH is 1. The van der Waals surface area contributed by atoms with E-state index >= 15 is 0 Å².